The molecule has 7 nitrogen and oxygen atoms in total. The number of carbonyl (C=O) groups excluding carboxylic acids is 1. The molecule has 24 heavy (non-hydrogen) atoms. The SMILES string of the molecule is CN=C(NCCOc1cccc(OC)c1)NCC(=O)NC(C)(C)C. The fourth-order valence-corrected chi connectivity index (χ4v) is 1.88. The molecule has 0 heterocycles. The van der Waals surface area contributed by atoms with Gasteiger partial charge in [0.2, 0.25) is 5.91 Å². The summed E-state index contributed by atoms with van der Waals surface area (Å²) in [5, 5.41) is 8.93. The van der Waals surface area contributed by atoms with Gasteiger partial charge in [-0.25, -0.2) is 0 Å². The van der Waals surface area contributed by atoms with Crippen LogP contribution in [0.4, 0.5) is 0 Å². The highest BCUT2D eigenvalue weighted by atomic mass is 16.5. The summed E-state index contributed by atoms with van der Waals surface area (Å²) in [5.74, 6) is 1.96. The number of nitrogens with one attached hydrogen (secondary N) is 3. The van der Waals surface area contributed by atoms with Gasteiger partial charge in [-0.05, 0) is 32.9 Å². The monoisotopic (exact) mass is 336 g/mol. The first-order valence-electron chi connectivity index (χ1n) is 7.86. The number of rotatable bonds is 7. The van der Waals surface area contributed by atoms with Crippen molar-refractivity contribution in [3.05, 3.63) is 24.3 Å². The molecule has 0 aliphatic rings. The van der Waals surface area contributed by atoms with E-state index in [1.165, 1.54) is 0 Å². The summed E-state index contributed by atoms with van der Waals surface area (Å²) in [6, 6.07) is 7.42. The van der Waals surface area contributed by atoms with Crippen molar-refractivity contribution in [1.82, 2.24) is 16.0 Å². The van der Waals surface area contributed by atoms with Crippen molar-refractivity contribution in [3.8, 4) is 11.5 Å². The van der Waals surface area contributed by atoms with E-state index >= 15 is 0 Å². The van der Waals surface area contributed by atoms with Gasteiger partial charge >= 0.3 is 0 Å². The summed E-state index contributed by atoms with van der Waals surface area (Å²) in [4.78, 5) is 15.8. The molecule has 1 aromatic rings. The van der Waals surface area contributed by atoms with Gasteiger partial charge in [-0.1, -0.05) is 6.07 Å². The molecule has 0 saturated carbocycles. The Morgan fingerprint density at radius 1 is 1.21 bits per heavy atom. The van der Waals surface area contributed by atoms with E-state index in [9.17, 15) is 4.79 Å². The maximum atomic E-state index is 11.8. The van der Waals surface area contributed by atoms with Crippen LogP contribution >= 0.6 is 0 Å². The molecule has 0 aromatic heterocycles. The topological polar surface area (TPSA) is 84.0 Å². The number of hydrogen-bond acceptors (Lipinski definition) is 4. The van der Waals surface area contributed by atoms with Gasteiger partial charge in [-0.3, -0.25) is 9.79 Å². The molecule has 3 N–H and O–H groups in total. The zero-order valence-electron chi connectivity index (χ0n) is 15.1. The Labute approximate surface area is 143 Å². The average molecular weight is 336 g/mol. The number of amides is 1. The molecule has 134 valence electrons. The molecule has 1 aromatic carbocycles. The second-order valence-electron chi connectivity index (χ2n) is 6.18. The highest BCUT2D eigenvalue weighted by molar-refractivity contribution is 5.86. The number of nitrogens with zero attached hydrogens (tertiary/aromatic N) is 1. The second kappa shape index (κ2) is 9.64. The Morgan fingerprint density at radius 2 is 1.92 bits per heavy atom. The minimum Gasteiger partial charge on any atom is -0.497 e. The zero-order valence-corrected chi connectivity index (χ0v) is 15.1. The van der Waals surface area contributed by atoms with Crippen LogP contribution in [0.2, 0.25) is 0 Å². The summed E-state index contributed by atoms with van der Waals surface area (Å²) in [6.07, 6.45) is 0. The van der Waals surface area contributed by atoms with E-state index in [2.05, 4.69) is 20.9 Å². The summed E-state index contributed by atoms with van der Waals surface area (Å²) in [7, 11) is 3.27. The summed E-state index contributed by atoms with van der Waals surface area (Å²) >= 11 is 0. The number of methoxy groups -OCH3 is 1. The molecule has 0 aliphatic carbocycles. The van der Waals surface area contributed by atoms with Crippen LogP contribution in [0.3, 0.4) is 0 Å². The van der Waals surface area contributed by atoms with Gasteiger partial charge in [0.1, 0.15) is 18.1 Å². The lowest BCUT2D eigenvalue weighted by atomic mass is 10.1. The molecule has 0 spiro atoms. The van der Waals surface area contributed by atoms with E-state index in [4.69, 9.17) is 9.47 Å². The van der Waals surface area contributed by atoms with Gasteiger partial charge in [0.25, 0.3) is 0 Å². The maximum absolute atomic E-state index is 11.8. The molecule has 0 atom stereocenters. The van der Waals surface area contributed by atoms with Crippen LogP contribution in [-0.2, 0) is 4.79 Å². The number of carbonyl (C=O) groups is 1. The third kappa shape index (κ3) is 8.26. The number of aliphatic imine (C=N–C) groups is 1. The van der Waals surface area contributed by atoms with Gasteiger partial charge in [0.15, 0.2) is 5.96 Å². The van der Waals surface area contributed by atoms with Crippen LogP contribution in [-0.4, -0.2) is 51.3 Å². The van der Waals surface area contributed by atoms with Crippen LogP contribution in [0.1, 0.15) is 20.8 Å². The van der Waals surface area contributed by atoms with E-state index in [1.54, 1.807) is 14.2 Å². The quantitative estimate of drug-likeness (QED) is 0.395. The molecule has 0 bridgehead atoms. The lowest BCUT2D eigenvalue weighted by Crippen LogP contribution is -2.48. The third-order valence-electron chi connectivity index (χ3n) is 2.86. The minimum absolute atomic E-state index is 0.0851. The van der Waals surface area contributed by atoms with Gasteiger partial charge in [-0.2, -0.15) is 0 Å². The van der Waals surface area contributed by atoms with Gasteiger partial charge in [0.05, 0.1) is 20.2 Å². The molecule has 7 heteroatoms. The van der Waals surface area contributed by atoms with E-state index in [0.29, 0.717) is 19.1 Å². The smallest absolute Gasteiger partial charge is 0.239 e. The van der Waals surface area contributed by atoms with Crippen LogP contribution in [0.15, 0.2) is 29.3 Å². The lowest BCUT2D eigenvalue weighted by molar-refractivity contribution is -0.121. The van der Waals surface area contributed by atoms with Gasteiger partial charge in [-0.15, -0.1) is 0 Å². The molecule has 0 aliphatic heterocycles. The number of ether oxygens (including phenoxy) is 2. The van der Waals surface area contributed by atoms with Crippen molar-refractivity contribution in [1.29, 1.82) is 0 Å². The van der Waals surface area contributed by atoms with Crippen LogP contribution in [0, 0.1) is 0 Å². The van der Waals surface area contributed by atoms with Crippen LogP contribution in [0.5, 0.6) is 11.5 Å². The highest BCUT2D eigenvalue weighted by Gasteiger charge is 2.13. The van der Waals surface area contributed by atoms with E-state index in [-0.39, 0.29) is 18.0 Å². The van der Waals surface area contributed by atoms with E-state index in [1.807, 2.05) is 45.0 Å². The second-order valence-corrected chi connectivity index (χ2v) is 6.18. The Hall–Kier alpha value is -2.44. The predicted octanol–water partition coefficient (Wildman–Crippen LogP) is 1.15. The summed E-state index contributed by atoms with van der Waals surface area (Å²) < 4.78 is 10.8. The van der Waals surface area contributed by atoms with Crippen molar-refractivity contribution in [2.24, 2.45) is 4.99 Å². The Balaban J connectivity index is 2.28. The molecule has 1 rings (SSSR count). The molecule has 0 saturated heterocycles. The number of guanidine groups is 1. The van der Waals surface area contributed by atoms with E-state index in [0.717, 1.165) is 11.5 Å². The third-order valence-corrected chi connectivity index (χ3v) is 2.86. The minimum atomic E-state index is -0.250. The Morgan fingerprint density at radius 3 is 2.54 bits per heavy atom. The number of hydrogen-bond donors (Lipinski definition) is 3. The van der Waals surface area contributed by atoms with Crippen LogP contribution < -0.4 is 25.4 Å². The fourth-order valence-electron chi connectivity index (χ4n) is 1.88. The maximum Gasteiger partial charge on any atom is 0.239 e. The van der Waals surface area contributed by atoms with Crippen molar-refractivity contribution >= 4 is 11.9 Å². The zero-order chi connectivity index (χ0) is 18.0. The predicted molar refractivity (Wildman–Crippen MR) is 95.7 cm³/mol. The average Bonchev–Trinajstić information content (AvgIpc) is 2.52. The van der Waals surface area contributed by atoms with Crippen molar-refractivity contribution < 1.29 is 14.3 Å². The van der Waals surface area contributed by atoms with Crippen LogP contribution in [0.25, 0.3) is 0 Å². The van der Waals surface area contributed by atoms with Gasteiger partial charge < -0.3 is 25.4 Å². The largest absolute Gasteiger partial charge is 0.497 e. The first-order chi connectivity index (χ1) is 11.3. The van der Waals surface area contributed by atoms with Crippen molar-refractivity contribution in [2.45, 2.75) is 26.3 Å². The first kappa shape index (κ1) is 19.6. The molecule has 0 unspecified atom stereocenters. The lowest BCUT2D eigenvalue weighted by Gasteiger charge is -2.21. The Kier molecular flexibility index (Phi) is 7.88. The Bertz CT molecular complexity index is 553. The van der Waals surface area contributed by atoms with E-state index < -0.39 is 0 Å². The molecular weight excluding hydrogens is 308 g/mol. The first-order valence-corrected chi connectivity index (χ1v) is 7.86. The molecule has 0 fully saturated rings. The van der Waals surface area contributed by atoms with Crippen molar-refractivity contribution in [2.75, 3.05) is 33.9 Å². The molecule has 1 amide bonds. The fraction of sp³-hybridized carbons (Fsp3) is 0.529. The molecular formula is C17H28N4O3. The van der Waals surface area contributed by atoms with Crippen molar-refractivity contribution in [3.63, 3.8) is 0 Å². The standard InChI is InChI=1S/C17H28N4O3/c1-17(2,3)21-15(22)12-20-16(18-4)19-9-10-24-14-8-6-7-13(11-14)23-5/h6-8,11H,9-10,12H2,1-5H3,(H,21,22)(H2,18,19,20). The normalized spacial score (nSPS) is 11.6. The highest BCUT2D eigenvalue weighted by Crippen LogP contribution is 2.18. The van der Waals surface area contributed by atoms with Gasteiger partial charge in [0, 0.05) is 18.7 Å². The summed E-state index contributed by atoms with van der Waals surface area (Å²) in [6.45, 7) is 6.99. The summed E-state index contributed by atoms with van der Waals surface area (Å²) in [5.41, 5.74) is -0.250. The molecule has 0 radical (unpaired) electrons. The number of benzene rings is 1.